The minimum absolute atomic E-state index is 0.0407. The van der Waals surface area contributed by atoms with Gasteiger partial charge in [0.05, 0.1) is 18.6 Å². The quantitative estimate of drug-likeness (QED) is 0.747. The van der Waals surface area contributed by atoms with E-state index in [2.05, 4.69) is 35.9 Å². The molecule has 1 atom stereocenters. The summed E-state index contributed by atoms with van der Waals surface area (Å²) < 4.78 is 7.49. The zero-order chi connectivity index (χ0) is 20.1. The lowest BCUT2D eigenvalue weighted by atomic mass is 9.82. The average Bonchev–Trinajstić information content (AvgIpc) is 3.08. The first kappa shape index (κ1) is 20.7. The summed E-state index contributed by atoms with van der Waals surface area (Å²) in [5.74, 6) is 0.438. The van der Waals surface area contributed by atoms with Gasteiger partial charge >= 0.3 is 12.0 Å². The van der Waals surface area contributed by atoms with Crippen LogP contribution in [0.15, 0.2) is 12.1 Å². The molecular formula is C22H35N3O3. The molecule has 156 valence electrons. The van der Waals surface area contributed by atoms with Crippen LogP contribution in [0, 0.1) is 18.8 Å². The highest BCUT2D eigenvalue weighted by Gasteiger charge is 2.32. The van der Waals surface area contributed by atoms with E-state index in [0.29, 0.717) is 19.1 Å². The molecule has 2 aliphatic rings. The summed E-state index contributed by atoms with van der Waals surface area (Å²) in [6.45, 7) is 8.93. The van der Waals surface area contributed by atoms with E-state index in [9.17, 15) is 9.59 Å². The maximum absolute atomic E-state index is 12.9. The van der Waals surface area contributed by atoms with Gasteiger partial charge in [-0.3, -0.25) is 4.79 Å². The van der Waals surface area contributed by atoms with Crippen LogP contribution < -0.4 is 5.32 Å². The van der Waals surface area contributed by atoms with Crippen LogP contribution in [0.1, 0.15) is 69.8 Å². The fourth-order valence-electron chi connectivity index (χ4n) is 4.73. The standard InChI is InChI=1S/C22H35N3O3/c1-4-6-19-20-12-7-16(3)24(20)13-14-25(19)22(27)23-15-17-8-10-18(11-9-17)21(26)28-5-2/h7,12,17-19H,4-6,8-11,13-15H2,1-3H3,(H,23,27)/t17?,18?,19-/m0/s1. The molecular weight excluding hydrogens is 354 g/mol. The summed E-state index contributed by atoms with van der Waals surface area (Å²) in [5, 5.41) is 3.18. The number of esters is 1. The Morgan fingerprint density at radius 3 is 2.57 bits per heavy atom. The molecule has 1 aliphatic carbocycles. The Labute approximate surface area is 168 Å². The first-order valence-corrected chi connectivity index (χ1v) is 10.9. The van der Waals surface area contributed by atoms with Gasteiger partial charge in [-0.15, -0.1) is 0 Å². The molecule has 6 heteroatoms. The van der Waals surface area contributed by atoms with E-state index in [1.54, 1.807) is 0 Å². The molecule has 0 bridgehead atoms. The zero-order valence-corrected chi connectivity index (χ0v) is 17.6. The number of hydrogen-bond acceptors (Lipinski definition) is 3. The third kappa shape index (κ3) is 4.53. The van der Waals surface area contributed by atoms with Gasteiger partial charge < -0.3 is 19.5 Å². The van der Waals surface area contributed by atoms with Gasteiger partial charge in [0.25, 0.3) is 0 Å². The molecule has 0 unspecified atom stereocenters. The van der Waals surface area contributed by atoms with Crippen molar-refractivity contribution in [3.63, 3.8) is 0 Å². The van der Waals surface area contributed by atoms with Crippen LogP contribution in [-0.2, 0) is 16.1 Å². The monoisotopic (exact) mass is 389 g/mol. The van der Waals surface area contributed by atoms with Crippen molar-refractivity contribution >= 4 is 12.0 Å². The van der Waals surface area contributed by atoms with Crippen molar-refractivity contribution in [2.24, 2.45) is 11.8 Å². The van der Waals surface area contributed by atoms with E-state index in [1.165, 1.54) is 11.4 Å². The van der Waals surface area contributed by atoms with E-state index >= 15 is 0 Å². The Morgan fingerprint density at radius 1 is 1.14 bits per heavy atom. The number of nitrogens with one attached hydrogen (secondary N) is 1. The van der Waals surface area contributed by atoms with Crippen molar-refractivity contribution in [2.45, 2.75) is 71.9 Å². The lowest BCUT2D eigenvalue weighted by Gasteiger charge is -2.38. The summed E-state index contributed by atoms with van der Waals surface area (Å²) in [4.78, 5) is 26.8. The van der Waals surface area contributed by atoms with E-state index in [4.69, 9.17) is 4.74 Å². The molecule has 1 aromatic heterocycles. The fourth-order valence-corrected chi connectivity index (χ4v) is 4.73. The summed E-state index contributed by atoms with van der Waals surface area (Å²) in [6, 6.07) is 4.54. The maximum Gasteiger partial charge on any atom is 0.318 e. The maximum atomic E-state index is 12.9. The second-order valence-electron chi connectivity index (χ2n) is 8.20. The summed E-state index contributed by atoms with van der Waals surface area (Å²) in [5.41, 5.74) is 2.53. The number of urea groups is 1. The van der Waals surface area contributed by atoms with E-state index in [-0.39, 0.29) is 24.0 Å². The number of amides is 2. The van der Waals surface area contributed by atoms with Crippen LogP contribution in [0.25, 0.3) is 0 Å². The van der Waals surface area contributed by atoms with Crippen LogP contribution in [0.3, 0.4) is 0 Å². The van der Waals surface area contributed by atoms with Crippen molar-refractivity contribution in [2.75, 3.05) is 19.7 Å². The third-order valence-electron chi connectivity index (χ3n) is 6.35. The van der Waals surface area contributed by atoms with E-state index in [1.807, 2.05) is 11.8 Å². The van der Waals surface area contributed by atoms with Gasteiger partial charge in [0.2, 0.25) is 0 Å². The lowest BCUT2D eigenvalue weighted by molar-refractivity contribution is -0.149. The number of fused-ring (bicyclic) bond motifs is 1. The number of hydrogen-bond donors (Lipinski definition) is 1. The Kier molecular flexibility index (Phi) is 7.03. The van der Waals surface area contributed by atoms with Crippen molar-refractivity contribution in [3.05, 3.63) is 23.5 Å². The SMILES string of the molecule is CCC[C@H]1c2ccc(C)n2CCN1C(=O)NCC1CCC(C(=O)OCC)CC1. The molecule has 1 N–H and O–H groups in total. The molecule has 28 heavy (non-hydrogen) atoms. The highest BCUT2D eigenvalue weighted by atomic mass is 16.5. The number of nitrogens with zero attached hydrogens (tertiary/aromatic N) is 2. The van der Waals surface area contributed by atoms with E-state index in [0.717, 1.165) is 51.6 Å². The second kappa shape index (κ2) is 9.48. The van der Waals surface area contributed by atoms with Crippen LogP contribution in [0.5, 0.6) is 0 Å². The molecule has 0 saturated heterocycles. The molecule has 1 aromatic rings. The van der Waals surface area contributed by atoms with Crippen molar-refractivity contribution in [1.82, 2.24) is 14.8 Å². The first-order valence-electron chi connectivity index (χ1n) is 10.9. The summed E-state index contributed by atoms with van der Waals surface area (Å²) in [7, 11) is 0. The van der Waals surface area contributed by atoms with Gasteiger partial charge in [0, 0.05) is 31.0 Å². The summed E-state index contributed by atoms with van der Waals surface area (Å²) >= 11 is 0. The number of carbonyl (C=O) groups is 2. The van der Waals surface area contributed by atoms with E-state index < -0.39 is 0 Å². The van der Waals surface area contributed by atoms with Gasteiger partial charge in [-0.25, -0.2) is 4.79 Å². The van der Waals surface area contributed by atoms with Crippen molar-refractivity contribution in [1.29, 1.82) is 0 Å². The fraction of sp³-hybridized carbons (Fsp3) is 0.727. The van der Waals surface area contributed by atoms with Gasteiger partial charge in [-0.05, 0) is 64.0 Å². The largest absolute Gasteiger partial charge is 0.466 e. The Hall–Kier alpha value is -1.98. The average molecular weight is 390 g/mol. The van der Waals surface area contributed by atoms with Crippen LogP contribution >= 0.6 is 0 Å². The zero-order valence-electron chi connectivity index (χ0n) is 17.6. The number of rotatable bonds is 6. The first-order chi connectivity index (χ1) is 13.5. The van der Waals surface area contributed by atoms with Gasteiger partial charge in [0.1, 0.15) is 0 Å². The predicted octanol–water partition coefficient (Wildman–Crippen LogP) is 4.03. The van der Waals surface area contributed by atoms with Gasteiger partial charge in [-0.2, -0.15) is 0 Å². The van der Waals surface area contributed by atoms with Crippen LogP contribution in [0.4, 0.5) is 4.79 Å². The summed E-state index contributed by atoms with van der Waals surface area (Å²) in [6.07, 6.45) is 5.73. The smallest absolute Gasteiger partial charge is 0.318 e. The third-order valence-corrected chi connectivity index (χ3v) is 6.35. The molecule has 1 aliphatic heterocycles. The molecule has 6 nitrogen and oxygen atoms in total. The number of aromatic nitrogens is 1. The number of ether oxygens (including phenoxy) is 1. The molecule has 1 saturated carbocycles. The van der Waals surface area contributed by atoms with Gasteiger partial charge in [-0.1, -0.05) is 13.3 Å². The number of aryl methyl sites for hydroxylation is 1. The Bertz CT molecular complexity index is 677. The predicted molar refractivity (Wildman–Crippen MR) is 109 cm³/mol. The topological polar surface area (TPSA) is 63.6 Å². The lowest BCUT2D eigenvalue weighted by Crippen LogP contribution is -2.48. The van der Waals surface area contributed by atoms with Crippen LogP contribution in [0.2, 0.25) is 0 Å². The molecule has 2 amide bonds. The minimum Gasteiger partial charge on any atom is -0.466 e. The molecule has 0 aromatic carbocycles. The molecule has 0 radical (unpaired) electrons. The molecule has 1 fully saturated rings. The molecule has 2 heterocycles. The highest BCUT2D eigenvalue weighted by molar-refractivity contribution is 5.75. The second-order valence-corrected chi connectivity index (χ2v) is 8.20. The molecule has 0 spiro atoms. The Balaban J connectivity index is 1.52. The highest BCUT2D eigenvalue weighted by Crippen LogP contribution is 2.32. The molecule has 3 rings (SSSR count). The normalized spacial score (nSPS) is 24.5. The minimum atomic E-state index is -0.0565. The Morgan fingerprint density at radius 2 is 1.89 bits per heavy atom. The number of carbonyl (C=O) groups excluding carboxylic acids is 2. The van der Waals surface area contributed by atoms with Crippen molar-refractivity contribution < 1.29 is 14.3 Å². The van der Waals surface area contributed by atoms with Crippen molar-refractivity contribution in [3.8, 4) is 0 Å². The van der Waals surface area contributed by atoms with Crippen LogP contribution in [-0.4, -0.2) is 41.2 Å². The van der Waals surface area contributed by atoms with Gasteiger partial charge in [0.15, 0.2) is 0 Å².